The number of nitrogens with one attached hydrogen (secondary N) is 3. The molecule has 0 unspecified atom stereocenters. The van der Waals surface area contributed by atoms with E-state index < -0.39 is 10.0 Å². The lowest BCUT2D eigenvalue weighted by molar-refractivity contribution is 0.311. The van der Waals surface area contributed by atoms with Crippen molar-refractivity contribution in [2.45, 2.75) is 20.3 Å². The molecule has 0 bridgehead atoms. The molecule has 10 heteroatoms. The second kappa shape index (κ2) is 13.0. The predicted molar refractivity (Wildman–Crippen MR) is 117 cm³/mol. The van der Waals surface area contributed by atoms with E-state index in [4.69, 9.17) is 9.47 Å². The van der Waals surface area contributed by atoms with E-state index in [0.717, 1.165) is 5.69 Å². The zero-order chi connectivity index (χ0) is 18.7. The maximum Gasteiger partial charge on any atom is 0.211 e. The Hall–Kier alpha value is -1.27. The van der Waals surface area contributed by atoms with E-state index in [1.807, 2.05) is 25.1 Å². The molecule has 26 heavy (non-hydrogen) atoms. The van der Waals surface area contributed by atoms with Crippen LogP contribution in [0.3, 0.4) is 0 Å². The molecule has 0 heterocycles. The van der Waals surface area contributed by atoms with Crippen molar-refractivity contribution in [3.05, 3.63) is 18.2 Å². The molecule has 1 aromatic rings. The van der Waals surface area contributed by atoms with Gasteiger partial charge in [-0.1, -0.05) is 0 Å². The Morgan fingerprint density at radius 2 is 1.92 bits per heavy atom. The number of aliphatic imine (C=N–C) groups is 1. The molecule has 150 valence electrons. The number of hydrogen-bond acceptors (Lipinski definition) is 5. The lowest BCUT2D eigenvalue weighted by Crippen LogP contribution is -2.34. The lowest BCUT2D eigenvalue weighted by atomic mass is 10.2. The Balaban J connectivity index is 0.00000625. The third-order valence-electron chi connectivity index (χ3n) is 3.30. The number of rotatable bonds is 10. The highest BCUT2D eigenvalue weighted by Crippen LogP contribution is 2.30. The molecule has 1 aromatic carbocycles. The quantitative estimate of drug-likeness (QED) is 0.197. The maximum atomic E-state index is 11.3. The molecule has 0 spiro atoms. The molecule has 0 atom stereocenters. The number of anilines is 1. The van der Waals surface area contributed by atoms with Crippen LogP contribution in [0.15, 0.2) is 23.2 Å². The number of sulfonamides is 1. The van der Waals surface area contributed by atoms with Crippen molar-refractivity contribution in [1.29, 1.82) is 0 Å². The molecule has 0 saturated carbocycles. The van der Waals surface area contributed by atoms with Gasteiger partial charge in [0.1, 0.15) is 0 Å². The zero-order valence-electron chi connectivity index (χ0n) is 15.7. The number of ether oxygens (including phenoxy) is 2. The summed E-state index contributed by atoms with van der Waals surface area (Å²) in [7, 11) is 0.117. The first kappa shape index (κ1) is 24.7. The van der Waals surface area contributed by atoms with Gasteiger partial charge in [-0.25, -0.2) is 13.1 Å². The van der Waals surface area contributed by atoms with Gasteiger partial charge in [-0.05, 0) is 32.4 Å². The first-order valence-electron chi connectivity index (χ1n) is 8.21. The van der Waals surface area contributed by atoms with Gasteiger partial charge in [0, 0.05) is 31.9 Å². The molecule has 1 rings (SSSR count). The van der Waals surface area contributed by atoms with Gasteiger partial charge in [-0.2, -0.15) is 0 Å². The average molecular weight is 500 g/mol. The summed E-state index contributed by atoms with van der Waals surface area (Å²) in [6.07, 6.45) is 0.645. The summed E-state index contributed by atoms with van der Waals surface area (Å²) in [5, 5.41) is 6.29. The fourth-order valence-corrected chi connectivity index (χ4v) is 2.62. The highest BCUT2D eigenvalue weighted by atomic mass is 127. The highest BCUT2D eigenvalue weighted by molar-refractivity contribution is 14.0. The zero-order valence-corrected chi connectivity index (χ0v) is 18.8. The molecule has 0 aliphatic carbocycles. The van der Waals surface area contributed by atoms with Gasteiger partial charge in [0.2, 0.25) is 10.0 Å². The van der Waals surface area contributed by atoms with Crippen LogP contribution >= 0.6 is 24.0 Å². The van der Waals surface area contributed by atoms with Crippen molar-refractivity contribution in [3.8, 4) is 11.5 Å². The monoisotopic (exact) mass is 500 g/mol. The summed E-state index contributed by atoms with van der Waals surface area (Å²) in [4.78, 5) is 4.14. The minimum atomic E-state index is -3.14. The van der Waals surface area contributed by atoms with Crippen LogP contribution in [-0.2, 0) is 10.0 Å². The van der Waals surface area contributed by atoms with Crippen LogP contribution in [0.4, 0.5) is 5.69 Å². The Bertz CT molecular complexity index is 668. The fraction of sp³-hybridized carbons (Fsp3) is 0.562. The SMILES string of the molecule is CCOc1ccc(NC(=NC)NCCCNS(=O)(=O)CC)cc1OC.I. The van der Waals surface area contributed by atoms with Crippen LogP contribution < -0.4 is 24.8 Å². The molecule has 0 aromatic heterocycles. The highest BCUT2D eigenvalue weighted by Gasteiger charge is 2.07. The van der Waals surface area contributed by atoms with Crippen LogP contribution in [0.1, 0.15) is 20.3 Å². The molecule has 3 N–H and O–H groups in total. The molecule has 0 aliphatic rings. The summed E-state index contributed by atoms with van der Waals surface area (Å²) in [5.41, 5.74) is 0.806. The predicted octanol–water partition coefficient (Wildman–Crippen LogP) is 2.03. The number of halogens is 1. The number of nitrogens with zero attached hydrogens (tertiary/aromatic N) is 1. The van der Waals surface area contributed by atoms with Crippen molar-refractivity contribution in [3.63, 3.8) is 0 Å². The summed E-state index contributed by atoms with van der Waals surface area (Å²) in [6, 6.07) is 5.53. The summed E-state index contributed by atoms with van der Waals surface area (Å²) >= 11 is 0. The van der Waals surface area contributed by atoms with Crippen LogP contribution in [0.5, 0.6) is 11.5 Å². The smallest absolute Gasteiger partial charge is 0.211 e. The van der Waals surface area contributed by atoms with E-state index in [-0.39, 0.29) is 29.7 Å². The van der Waals surface area contributed by atoms with Crippen LogP contribution in [0, 0.1) is 0 Å². The molecular formula is C16H29IN4O4S. The Labute approximate surface area is 173 Å². The molecular weight excluding hydrogens is 471 g/mol. The van der Waals surface area contributed by atoms with E-state index in [1.165, 1.54) is 0 Å². The van der Waals surface area contributed by atoms with Crippen molar-refractivity contribution in [1.82, 2.24) is 10.0 Å². The van der Waals surface area contributed by atoms with Gasteiger partial charge in [0.05, 0.1) is 19.5 Å². The van der Waals surface area contributed by atoms with E-state index in [1.54, 1.807) is 21.1 Å². The molecule has 0 saturated heterocycles. The molecule has 0 aliphatic heterocycles. The summed E-state index contributed by atoms with van der Waals surface area (Å²) < 4.78 is 36.0. The fourth-order valence-electron chi connectivity index (χ4n) is 1.96. The van der Waals surface area contributed by atoms with Gasteiger partial charge in [0.25, 0.3) is 0 Å². The second-order valence-corrected chi connectivity index (χ2v) is 7.17. The van der Waals surface area contributed by atoms with Gasteiger partial charge in [-0.3, -0.25) is 4.99 Å². The third-order valence-corrected chi connectivity index (χ3v) is 4.70. The van der Waals surface area contributed by atoms with Gasteiger partial charge in [0.15, 0.2) is 17.5 Å². The third kappa shape index (κ3) is 8.90. The van der Waals surface area contributed by atoms with Crippen molar-refractivity contribution >= 4 is 45.6 Å². The first-order chi connectivity index (χ1) is 12.0. The first-order valence-corrected chi connectivity index (χ1v) is 9.86. The standard InChI is InChI=1S/C16H28N4O4S.HI/c1-5-24-14-9-8-13(12-15(14)23-4)20-16(17-3)18-10-7-11-19-25(21,22)6-2;/h8-9,12,19H,5-7,10-11H2,1-4H3,(H2,17,18,20);1H. The van der Waals surface area contributed by atoms with E-state index in [2.05, 4.69) is 20.3 Å². The van der Waals surface area contributed by atoms with E-state index in [0.29, 0.717) is 43.6 Å². The maximum absolute atomic E-state index is 11.3. The topological polar surface area (TPSA) is 101 Å². The Morgan fingerprint density at radius 3 is 2.50 bits per heavy atom. The van der Waals surface area contributed by atoms with Crippen LogP contribution in [-0.4, -0.2) is 54.0 Å². The number of guanidine groups is 1. The summed E-state index contributed by atoms with van der Waals surface area (Å²) in [5.74, 6) is 1.99. The normalized spacial score (nSPS) is 11.5. The largest absolute Gasteiger partial charge is 0.493 e. The number of methoxy groups -OCH3 is 1. The van der Waals surface area contributed by atoms with Crippen molar-refractivity contribution in [2.24, 2.45) is 4.99 Å². The Kier molecular flexibility index (Phi) is 12.3. The summed E-state index contributed by atoms with van der Waals surface area (Å²) in [6.45, 7) is 5.06. The Morgan fingerprint density at radius 1 is 1.19 bits per heavy atom. The molecule has 0 amide bonds. The van der Waals surface area contributed by atoms with E-state index >= 15 is 0 Å². The molecule has 0 fully saturated rings. The van der Waals surface area contributed by atoms with Gasteiger partial charge in [-0.15, -0.1) is 24.0 Å². The number of benzene rings is 1. The van der Waals surface area contributed by atoms with Crippen LogP contribution in [0.25, 0.3) is 0 Å². The van der Waals surface area contributed by atoms with Crippen LogP contribution in [0.2, 0.25) is 0 Å². The minimum absolute atomic E-state index is 0. The number of hydrogen-bond donors (Lipinski definition) is 3. The van der Waals surface area contributed by atoms with Gasteiger partial charge < -0.3 is 20.1 Å². The van der Waals surface area contributed by atoms with E-state index in [9.17, 15) is 8.42 Å². The average Bonchev–Trinajstić information content (AvgIpc) is 2.61. The second-order valence-electron chi connectivity index (χ2n) is 5.07. The van der Waals surface area contributed by atoms with Crippen molar-refractivity contribution < 1.29 is 17.9 Å². The van der Waals surface area contributed by atoms with Gasteiger partial charge >= 0.3 is 0 Å². The molecule has 8 nitrogen and oxygen atoms in total. The minimum Gasteiger partial charge on any atom is -0.493 e. The van der Waals surface area contributed by atoms with Crippen molar-refractivity contribution in [2.75, 3.05) is 44.9 Å². The lowest BCUT2D eigenvalue weighted by Gasteiger charge is -2.14. The molecule has 0 radical (unpaired) electrons.